The first-order valence-corrected chi connectivity index (χ1v) is 10.0. The molecule has 2 rings (SSSR count). The number of rotatable bonds is 8. The SMILES string of the molecule is CCC(=O)N1CCC(NC(=O)NC(=O)CSc2nc(CCOC)c[nH]2)CC1. The van der Waals surface area contributed by atoms with Crippen LogP contribution < -0.4 is 10.6 Å². The number of piperidine rings is 1. The van der Waals surface area contributed by atoms with Crippen LogP contribution in [-0.2, 0) is 20.7 Å². The van der Waals surface area contributed by atoms with Crippen molar-refractivity contribution in [2.24, 2.45) is 0 Å². The van der Waals surface area contributed by atoms with Crippen LogP contribution in [0.5, 0.6) is 0 Å². The van der Waals surface area contributed by atoms with E-state index in [2.05, 4.69) is 20.6 Å². The summed E-state index contributed by atoms with van der Waals surface area (Å²) < 4.78 is 4.99. The summed E-state index contributed by atoms with van der Waals surface area (Å²) >= 11 is 1.23. The number of carbonyl (C=O) groups is 3. The molecule has 0 unspecified atom stereocenters. The van der Waals surface area contributed by atoms with Gasteiger partial charge in [-0.05, 0) is 12.8 Å². The van der Waals surface area contributed by atoms with Crippen molar-refractivity contribution in [2.45, 2.75) is 43.8 Å². The maximum Gasteiger partial charge on any atom is 0.321 e. The third-order valence-electron chi connectivity index (χ3n) is 4.25. The van der Waals surface area contributed by atoms with Gasteiger partial charge in [0.1, 0.15) is 0 Å². The third kappa shape index (κ3) is 7.22. The van der Waals surface area contributed by atoms with Gasteiger partial charge in [-0.15, -0.1) is 0 Å². The van der Waals surface area contributed by atoms with Gasteiger partial charge in [0.2, 0.25) is 11.8 Å². The average Bonchev–Trinajstić information content (AvgIpc) is 3.12. The lowest BCUT2D eigenvalue weighted by molar-refractivity contribution is -0.131. The van der Waals surface area contributed by atoms with E-state index >= 15 is 0 Å². The monoisotopic (exact) mass is 397 g/mol. The minimum absolute atomic E-state index is 0.0280. The minimum atomic E-state index is -0.499. The molecule has 4 amide bonds. The number of aromatic amines is 1. The predicted octanol–water partition coefficient (Wildman–Crippen LogP) is 0.918. The lowest BCUT2D eigenvalue weighted by Gasteiger charge is -2.32. The Hall–Kier alpha value is -2.07. The Balaban J connectivity index is 1.65. The molecule has 2 heterocycles. The Morgan fingerprint density at radius 2 is 2.11 bits per heavy atom. The first-order chi connectivity index (χ1) is 13.0. The average molecular weight is 398 g/mol. The molecule has 0 aromatic carbocycles. The molecule has 27 heavy (non-hydrogen) atoms. The summed E-state index contributed by atoms with van der Waals surface area (Å²) in [7, 11) is 1.63. The highest BCUT2D eigenvalue weighted by Crippen LogP contribution is 2.14. The van der Waals surface area contributed by atoms with Crippen molar-refractivity contribution in [1.29, 1.82) is 0 Å². The number of hydrogen-bond acceptors (Lipinski definition) is 6. The van der Waals surface area contributed by atoms with Gasteiger partial charge in [-0.2, -0.15) is 0 Å². The second-order valence-corrected chi connectivity index (χ2v) is 7.22. The smallest absolute Gasteiger partial charge is 0.321 e. The lowest BCUT2D eigenvalue weighted by Crippen LogP contribution is -2.50. The molecular formula is C17H27N5O4S. The summed E-state index contributed by atoms with van der Waals surface area (Å²) in [6, 6.07) is -0.527. The summed E-state index contributed by atoms with van der Waals surface area (Å²) in [5.41, 5.74) is 0.866. The molecule has 3 N–H and O–H groups in total. The van der Waals surface area contributed by atoms with E-state index in [0.717, 1.165) is 5.69 Å². The van der Waals surface area contributed by atoms with E-state index in [1.54, 1.807) is 13.3 Å². The highest BCUT2D eigenvalue weighted by Gasteiger charge is 2.23. The first kappa shape index (κ1) is 21.2. The van der Waals surface area contributed by atoms with Crippen molar-refractivity contribution in [3.05, 3.63) is 11.9 Å². The van der Waals surface area contributed by atoms with Crippen LogP contribution >= 0.6 is 11.8 Å². The number of aromatic nitrogens is 2. The van der Waals surface area contributed by atoms with Crippen LogP contribution in [0.4, 0.5) is 4.79 Å². The topological polar surface area (TPSA) is 116 Å². The summed E-state index contributed by atoms with van der Waals surface area (Å²) in [5, 5.41) is 5.76. The van der Waals surface area contributed by atoms with Crippen LogP contribution in [0.25, 0.3) is 0 Å². The van der Waals surface area contributed by atoms with Crippen LogP contribution in [0.2, 0.25) is 0 Å². The summed E-state index contributed by atoms with van der Waals surface area (Å²) in [6.07, 6.45) is 4.36. The van der Waals surface area contributed by atoms with Crippen LogP contribution in [-0.4, -0.2) is 71.3 Å². The molecule has 1 aromatic rings. The molecule has 0 bridgehead atoms. The Bertz CT molecular complexity index is 643. The van der Waals surface area contributed by atoms with Crippen LogP contribution in [0, 0.1) is 0 Å². The van der Waals surface area contributed by atoms with Gasteiger partial charge in [0, 0.05) is 45.3 Å². The predicted molar refractivity (Wildman–Crippen MR) is 101 cm³/mol. The molecule has 10 heteroatoms. The Labute approximate surface area is 163 Å². The standard InChI is InChI=1S/C17H27N5O4S/c1-3-15(24)22-7-4-12(5-8-22)19-16(25)21-14(23)11-27-17-18-10-13(20-17)6-9-26-2/h10,12H,3-9,11H2,1-2H3,(H,18,20)(H2,19,21,23,25). The zero-order valence-electron chi connectivity index (χ0n) is 15.7. The van der Waals surface area contributed by atoms with E-state index in [-0.39, 0.29) is 23.6 Å². The first-order valence-electron chi connectivity index (χ1n) is 9.06. The van der Waals surface area contributed by atoms with Gasteiger partial charge in [0.05, 0.1) is 18.1 Å². The maximum absolute atomic E-state index is 12.0. The van der Waals surface area contributed by atoms with Gasteiger partial charge in [-0.3, -0.25) is 14.9 Å². The van der Waals surface area contributed by atoms with Gasteiger partial charge in [0.15, 0.2) is 5.16 Å². The van der Waals surface area contributed by atoms with E-state index in [4.69, 9.17) is 4.74 Å². The van der Waals surface area contributed by atoms with Crippen LogP contribution in [0.15, 0.2) is 11.4 Å². The molecule has 1 aliphatic rings. The van der Waals surface area contributed by atoms with E-state index in [9.17, 15) is 14.4 Å². The fourth-order valence-electron chi connectivity index (χ4n) is 2.76. The van der Waals surface area contributed by atoms with Crippen molar-refractivity contribution in [3.63, 3.8) is 0 Å². The number of ether oxygens (including phenoxy) is 1. The highest BCUT2D eigenvalue weighted by atomic mass is 32.2. The van der Waals surface area contributed by atoms with Gasteiger partial charge >= 0.3 is 6.03 Å². The molecule has 1 aromatic heterocycles. The number of amides is 4. The second kappa shape index (κ2) is 10.9. The Morgan fingerprint density at radius 3 is 2.78 bits per heavy atom. The quantitative estimate of drug-likeness (QED) is 0.562. The van der Waals surface area contributed by atoms with Gasteiger partial charge in [-0.25, -0.2) is 9.78 Å². The van der Waals surface area contributed by atoms with E-state index in [1.807, 2.05) is 11.8 Å². The number of H-pyrrole nitrogens is 1. The lowest BCUT2D eigenvalue weighted by atomic mass is 10.1. The number of methoxy groups -OCH3 is 1. The van der Waals surface area contributed by atoms with E-state index < -0.39 is 6.03 Å². The molecule has 1 fully saturated rings. The Morgan fingerprint density at radius 1 is 1.37 bits per heavy atom. The van der Waals surface area contributed by atoms with Gasteiger partial charge in [0.25, 0.3) is 0 Å². The van der Waals surface area contributed by atoms with Crippen molar-refractivity contribution in [3.8, 4) is 0 Å². The highest BCUT2D eigenvalue weighted by molar-refractivity contribution is 7.99. The number of nitrogens with zero attached hydrogens (tertiary/aromatic N) is 2. The molecular weight excluding hydrogens is 370 g/mol. The fourth-order valence-corrected chi connectivity index (χ4v) is 3.43. The van der Waals surface area contributed by atoms with Crippen LogP contribution in [0.3, 0.4) is 0 Å². The third-order valence-corrected chi connectivity index (χ3v) is 5.14. The summed E-state index contributed by atoms with van der Waals surface area (Å²) in [6.45, 7) is 3.69. The number of imide groups is 1. The zero-order chi connectivity index (χ0) is 19.6. The van der Waals surface area contributed by atoms with Crippen molar-refractivity contribution < 1.29 is 19.1 Å². The maximum atomic E-state index is 12.0. The zero-order valence-corrected chi connectivity index (χ0v) is 16.6. The molecule has 150 valence electrons. The van der Waals surface area contributed by atoms with Crippen molar-refractivity contribution >= 4 is 29.6 Å². The number of imidazole rings is 1. The number of likely N-dealkylation sites (tertiary alicyclic amines) is 1. The largest absolute Gasteiger partial charge is 0.384 e. The molecule has 0 spiro atoms. The van der Waals surface area contributed by atoms with Crippen molar-refractivity contribution in [1.82, 2.24) is 25.5 Å². The normalized spacial score (nSPS) is 14.8. The number of nitrogens with one attached hydrogen (secondary N) is 3. The number of urea groups is 1. The van der Waals surface area contributed by atoms with E-state index in [0.29, 0.717) is 50.5 Å². The summed E-state index contributed by atoms with van der Waals surface area (Å²) in [4.78, 5) is 44.7. The molecule has 1 aliphatic heterocycles. The minimum Gasteiger partial charge on any atom is -0.384 e. The van der Waals surface area contributed by atoms with Gasteiger partial charge in [-0.1, -0.05) is 18.7 Å². The number of hydrogen-bond donors (Lipinski definition) is 3. The molecule has 0 atom stereocenters. The Kier molecular flexibility index (Phi) is 8.59. The summed E-state index contributed by atoms with van der Waals surface area (Å²) in [5.74, 6) is -0.159. The van der Waals surface area contributed by atoms with Crippen molar-refractivity contribution in [2.75, 3.05) is 32.6 Å². The molecule has 9 nitrogen and oxygen atoms in total. The number of thioether (sulfide) groups is 1. The molecule has 0 saturated carbocycles. The fraction of sp³-hybridized carbons (Fsp3) is 0.647. The number of carbonyl (C=O) groups excluding carboxylic acids is 3. The van der Waals surface area contributed by atoms with E-state index in [1.165, 1.54) is 11.8 Å². The molecule has 0 aliphatic carbocycles. The second-order valence-electron chi connectivity index (χ2n) is 6.26. The molecule has 0 radical (unpaired) electrons. The van der Waals surface area contributed by atoms with Gasteiger partial charge < -0.3 is 19.9 Å². The van der Waals surface area contributed by atoms with Crippen LogP contribution in [0.1, 0.15) is 31.9 Å². The molecule has 1 saturated heterocycles.